The summed E-state index contributed by atoms with van der Waals surface area (Å²) in [5.74, 6) is 1.42. The summed E-state index contributed by atoms with van der Waals surface area (Å²) < 4.78 is 12.6. The zero-order chi connectivity index (χ0) is 20.9. The maximum atomic E-state index is 12.8. The molecule has 1 aromatic carbocycles. The van der Waals surface area contributed by atoms with E-state index in [1.54, 1.807) is 14.2 Å². The minimum atomic E-state index is -0.0886. The topological polar surface area (TPSA) is 81.5 Å². The molecule has 0 bridgehead atoms. The molecule has 1 aliphatic rings. The van der Waals surface area contributed by atoms with Crippen molar-refractivity contribution in [2.75, 3.05) is 32.2 Å². The molecule has 3 aromatic rings. The van der Waals surface area contributed by atoms with E-state index in [1.807, 2.05) is 47.3 Å². The standard InChI is InChI=1S/C21H25N5O3S/c1-28-17-7-8-18(29-2)16(12-17)13-22-19(27)15-6-5-11-26(14-15)21-24-23-20(30-21)25-9-3-4-10-25/h3-4,7-10,12,15H,5-6,11,13-14H2,1-2H3,(H,22,27)/t15-/m0/s1. The molecule has 1 fully saturated rings. The molecule has 1 saturated heterocycles. The number of rotatable bonds is 7. The lowest BCUT2D eigenvalue weighted by Crippen LogP contribution is -2.43. The van der Waals surface area contributed by atoms with E-state index in [9.17, 15) is 4.79 Å². The number of aromatic nitrogens is 3. The van der Waals surface area contributed by atoms with Crippen molar-refractivity contribution in [3.63, 3.8) is 0 Å². The molecule has 1 aliphatic heterocycles. The van der Waals surface area contributed by atoms with Gasteiger partial charge in [0.1, 0.15) is 11.5 Å². The van der Waals surface area contributed by atoms with E-state index in [0.29, 0.717) is 13.1 Å². The monoisotopic (exact) mass is 427 g/mol. The highest BCUT2D eigenvalue weighted by Crippen LogP contribution is 2.28. The molecule has 1 atom stereocenters. The third kappa shape index (κ3) is 4.40. The minimum Gasteiger partial charge on any atom is -0.497 e. The van der Waals surface area contributed by atoms with Crippen molar-refractivity contribution in [2.45, 2.75) is 19.4 Å². The third-order valence-electron chi connectivity index (χ3n) is 5.23. The molecule has 0 unspecified atom stereocenters. The van der Waals surface area contributed by atoms with Gasteiger partial charge in [-0.05, 0) is 43.2 Å². The molecule has 0 spiro atoms. The fourth-order valence-electron chi connectivity index (χ4n) is 3.61. The van der Waals surface area contributed by atoms with Crippen LogP contribution in [0.15, 0.2) is 42.7 Å². The predicted molar refractivity (Wildman–Crippen MR) is 116 cm³/mol. The van der Waals surface area contributed by atoms with Gasteiger partial charge in [0.2, 0.25) is 16.2 Å². The molecule has 30 heavy (non-hydrogen) atoms. The molecule has 1 N–H and O–H groups in total. The van der Waals surface area contributed by atoms with E-state index >= 15 is 0 Å². The van der Waals surface area contributed by atoms with Crippen molar-refractivity contribution in [2.24, 2.45) is 5.92 Å². The average molecular weight is 428 g/mol. The molecule has 0 radical (unpaired) electrons. The second-order valence-electron chi connectivity index (χ2n) is 7.14. The van der Waals surface area contributed by atoms with Crippen LogP contribution in [-0.4, -0.2) is 48.0 Å². The third-order valence-corrected chi connectivity index (χ3v) is 6.23. The molecular formula is C21H25N5O3S. The second-order valence-corrected chi connectivity index (χ2v) is 8.07. The summed E-state index contributed by atoms with van der Waals surface area (Å²) in [4.78, 5) is 15.0. The van der Waals surface area contributed by atoms with Gasteiger partial charge in [0.15, 0.2) is 0 Å². The first kappa shape index (κ1) is 20.2. The van der Waals surface area contributed by atoms with Gasteiger partial charge in [-0.25, -0.2) is 0 Å². The van der Waals surface area contributed by atoms with Gasteiger partial charge in [-0.3, -0.25) is 9.36 Å². The summed E-state index contributed by atoms with van der Waals surface area (Å²) in [5.41, 5.74) is 0.887. The summed E-state index contributed by atoms with van der Waals surface area (Å²) in [6.45, 7) is 1.92. The first-order chi connectivity index (χ1) is 14.7. The highest BCUT2D eigenvalue weighted by atomic mass is 32.1. The van der Waals surface area contributed by atoms with E-state index in [-0.39, 0.29) is 11.8 Å². The van der Waals surface area contributed by atoms with Crippen molar-refractivity contribution >= 4 is 22.4 Å². The number of amides is 1. The smallest absolute Gasteiger partial charge is 0.225 e. The van der Waals surface area contributed by atoms with Gasteiger partial charge in [0.05, 0.1) is 20.1 Å². The Hall–Kier alpha value is -3.07. The van der Waals surface area contributed by atoms with Crippen molar-refractivity contribution < 1.29 is 14.3 Å². The lowest BCUT2D eigenvalue weighted by atomic mass is 9.97. The maximum Gasteiger partial charge on any atom is 0.225 e. The number of carbonyl (C=O) groups is 1. The molecule has 9 heteroatoms. The van der Waals surface area contributed by atoms with Crippen molar-refractivity contribution in [1.29, 1.82) is 0 Å². The van der Waals surface area contributed by atoms with Crippen molar-refractivity contribution in [3.05, 3.63) is 48.3 Å². The van der Waals surface area contributed by atoms with Crippen LogP contribution in [-0.2, 0) is 11.3 Å². The summed E-state index contributed by atoms with van der Waals surface area (Å²) in [6, 6.07) is 9.49. The lowest BCUT2D eigenvalue weighted by Gasteiger charge is -2.31. The molecule has 8 nitrogen and oxygen atoms in total. The number of hydrogen-bond donors (Lipinski definition) is 1. The molecular weight excluding hydrogens is 402 g/mol. The Labute approximate surface area is 179 Å². The summed E-state index contributed by atoms with van der Waals surface area (Å²) >= 11 is 1.53. The molecule has 158 valence electrons. The van der Waals surface area contributed by atoms with Crippen LogP contribution in [0, 0.1) is 5.92 Å². The van der Waals surface area contributed by atoms with Gasteiger partial charge in [0.25, 0.3) is 0 Å². The van der Waals surface area contributed by atoms with Gasteiger partial charge in [0, 0.05) is 37.6 Å². The SMILES string of the molecule is COc1ccc(OC)c(CNC(=O)[C@H]2CCCN(c3nnc(-n4cccc4)s3)C2)c1. The number of piperidine rings is 1. The van der Waals surface area contributed by atoms with Gasteiger partial charge < -0.3 is 19.7 Å². The molecule has 0 aliphatic carbocycles. The van der Waals surface area contributed by atoms with E-state index < -0.39 is 0 Å². The number of hydrogen-bond acceptors (Lipinski definition) is 7. The van der Waals surface area contributed by atoms with Crippen LogP contribution in [0.1, 0.15) is 18.4 Å². The number of ether oxygens (including phenoxy) is 2. The fraction of sp³-hybridized carbons (Fsp3) is 0.381. The van der Waals surface area contributed by atoms with Gasteiger partial charge in [-0.2, -0.15) is 0 Å². The Bertz CT molecular complexity index is 988. The van der Waals surface area contributed by atoms with Crippen LogP contribution in [0.5, 0.6) is 11.5 Å². The number of carbonyl (C=O) groups excluding carboxylic acids is 1. The Kier molecular flexibility index (Phi) is 6.18. The van der Waals surface area contributed by atoms with Crippen LogP contribution in [0.2, 0.25) is 0 Å². The van der Waals surface area contributed by atoms with Crippen LogP contribution in [0.4, 0.5) is 5.13 Å². The summed E-state index contributed by atoms with van der Waals surface area (Å²) in [5, 5.41) is 13.3. The Morgan fingerprint density at radius 1 is 1.20 bits per heavy atom. The molecule has 0 saturated carbocycles. The van der Waals surface area contributed by atoms with E-state index in [0.717, 1.165) is 46.7 Å². The highest BCUT2D eigenvalue weighted by molar-refractivity contribution is 7.17. The van der Waals surface area contributed by atoms with Crippen LogP contribution >= 0.6 is 11.3 Å². The molecule has 4 rings (SSSR count). The average Bonchev–Trinajstić information content (AvgIpc) is 3.49. The summed E-state index contributed by atoms with van der Waals surface area (Å²) in [7, 11) is 3.24. The van der Waals surface area contributed by atoms with Crippen LogP contribution in [0.3, 0.4) is 0 Å². The maximum absolute atomic E-state index is 12.8. The predicted octanol–water partition coefficient (Wildman–Crippen LogP) is 2.88. The van der Waals surface area contributed by atoms with E-state index in [4.69, 9.17) is 9.47 Å². The molecule has 3 heterocycles. The number of methoxy groups -OCH3 is 2. The first-order valence-electron chi connectivity index (χ1n) is 9.88. The van der Waals surface area contributed by atoms with Crippen LogP contribution in [0.25, 0.3) is 5.13 Å². The highest BCUT2D eigenvalue weighted by Gasteiger charge is 2.28. The van der Waals surface area contributed by atoms with Gasteiger partial charge in [-0.1, -0.05) is 11.3 Å². The number of benzene rings is 1. The second kappa shape index (κ2) is 9.17. The number of anilines is 1. The normalized spacial score (nSPS) is 16.3. The number of nitrogens with one attached hydrogen (secondary N) is 1. The zero-order valence-electron chi connectivity index (χ0n) is 17.1. The Morgan fingerprint density at radius 3 is 2.77 bits per heavy atom. The quantitative estimate of drug-likeness (QED) is 0.624. The van der Waals surface area contributed by atoms with Gasteiger partial charge in [-0.15, -0.1) is 10.2 Å². The van der Waals surface area contributed by atoms with Gasteiger partial charge >= 0.3 is 0 Å². The lowest BCUT2D eigenvalue weighted by molar-refractivity contribution is -0.125. The van der Waals surface area contributed by atoms with E-state index in [2.05, 4.69) is 20.4 Å². The number of nitrogens with zero attached hydrogens (tertiary/aromatic N) is 4. The Balaban J connectivity index is 1.38. The summed E-state index contributed by atoms with van der Waals surface area (Å²) in [6.07, 6.45) is 5.70. The minimum absolute atomic E-state index is 0.0414. The zero-order valence-corrected chi connectivity index (χ0v) is 17.9. The van der Waals surface area contributed by atoms with E-state index in [1.165, 1.54) is 11.3 Å². The van der Waals surface area contributed by atoms with Crippen molar-refractivity contribution in [1.82, 2.24) is 20.1 Å². The van der Waals surface area contributed by atoms with Crippen molar-refractivity contribution in [3.8, 4) is 16.6 Å². The largest absolute Gasteiger partial charge is 0.497 e. The fourth-order valence-corrected chi connectivity index (χ4v) is 4.46. The Morgan fingerprint density at radius 2 is 2.00 bits per heavy atom. The molecule has 2 aromatic heterocycles. The van der Waals surface area contributed by atoms with Crippen LogP contribution < -0.4 is 19.7 Å². The first-order valence-corrected chi connectivity index (χ1v) is 10.7. The molecule has 1 amide bonds.